The Morgan fingerprint density at radius 2 is 2.15 bits per heavy atom. The molecule has 0 aromatic rings. The molecule has 0 unspecified atom stereocenters. The zero-order valence-corrected chi connectivity index (χ0v) is 8.82. The van der Waals surface area contributed by atoms with E-state index in [4.69, 9.17) is 11.6 Å². The van der Waals surface area contributed by atoms with Crippen molar-refractivity contribution in [1.29, 1.82) is 0 Å². The van der Waals surface area contributed by atoms with Gasteiger partial charge in [0.15, 0.2) is 0 Å². The molecule has 0 bridgehead atoms. The van der Waals surface area contributed by atoms with Crippen LogP contribution in [0.15, 0.2) is 0 Å². The van der Waals surface area contributed by atoms with Crippen molar-refractivity contribution in [2.75, 3.05) is 24.8 Å². The maximum atomic E-state index is 10.9. The molecule has 1 N–H and O–H groups in total. The molecule has 0 aliphatic heterocycles. The number of hydrogen-bond donors (Lipinski definition) is 1. The number of alkyl halides is 1. The fourth-order valence-electron chi connectivity index (χ4n) is 0.555. The molecule has 0 rings (SSSR count). The molecule has 13 heavy (non-hydrogen) atoms. The molecule has 0 aromatic carbocycles. The molecule has 0 heterocycles. The smallest absolute Gasteiger partial charge is 0.320 e. The minimum Gasteiger partial charge on any atom is -0.465 e. The number of ether oxygens (including phenoxy) is 1. The van der Waals surface area contributed by atoms with E-state index in [1.807, 2.05) is 0 Å². The Morgan fingerprint density at radius 1 is 1.54 bits per heavy atom. The lowest BCUT2D eigenvalue weighted by Crippen LogP contribution is -2.32. The Morgan fingerprint density at radius 3 is 2.62 bits per heavy atom. The third-order valence-corrected chi connectivity index (χ3v) is 2.83. The average molecular weight is 230 g/mol. The molecule has 0 atom stereocenters. The third kappa shape index (κ3) is 6.80. The van der Waals surface area contributed by atoms with Gasteiger partial charge in [0.05, 0.1) is 12.4 Å². The van der Waals surface area contributed by atoms with Crippen LogP contribution in [0.25, 0.3) is 0 Å². The number of rotatable bonds is 6. The number of hydrogen-bond acceptors (Lipinski definition) is 4. The fraction of sp³-hybridized carbons (Fsp3) is 0.833. The second kappa shape index (κ2) is 6.17. The molecule has 0 saturated heterocycles. The zero-order chi connectivity index (χ0) is 10.3. The average Bonchev–Trinajstić information content (AvgIpc) is 2.02. The number of halogens is 1. The van der Waals surface area contributed by atoms with Gasteiger partial charge >= 0.3 is 5.97 Å². The van der Waals surface area contributed by atoms with Crippen molar-refractivity contribution in [3.05, 3.63) is 0 Å². The van der Waals surface area contributed by atoms with Crippen molar-refractivity contribution in [3.63, 3.8) is 0 Å². The first-order valence-electron chi connectivity index (χ1n) is 3.70. The summed E-state index contributed by atoms with van der Waals surface area (Å²) in [6.45, 7) is 1.54. The van der Waals surface area contributed by atoms with Crippen LogP contribution in [-0.4, -0.2) is 39.2 Å². The molecule has 5 nitrogen and oxygen atoms in total. The third-order valence-electron chi connectivity index (χ3n) is 1.09. The van der Waals surface area contributed by atoms with Crippen LogP contribution in [0.3, 0.4) is 0 Å². The predicted octanol–water partition coefficient (Wildman–Crippen LogP) is -0.292. The minimum absolute atomic E-state index is 0.00183. The van der Waals surface area contributed by atoms with Gasteiger partial charge in [0, 0.05) is 5.88 Å². The summed E-state index contributed by atoms with van der Waals surface area (Å²) in [6.07, 6.45) is 0. The Labute approximate surface area is 82.5 Å². The highest BCUT2D eigenvalue weighted by Gasteiger charge is 2.11. The van der Waals surface area contributed by atoms with Gasteiger partial charge in [0.25, 0.3) is 0 Å². The second-order valence-electron chi connectivity index (χ2n) is 2.13. The highest BCUT2D eigenvalue weighted by Crippen LogP contribution is 1.86. The molecular formula is C6H12ClNO4S. The summed E-state index contributed by atoms with van der Waals surface area (Å²) in [5, 5.41) is 0. The van der Waals surface area contributed by atoms with Gasteiger partial charge in [-0.2, -0.15) is 0 Å². The van der Waals surface area contributed by atoms with E-state index < -0.39 is 16.0 Å². The molecule has 0 radical (unpaired) electrons. The highest BCUT2D eigenvalue weighted by atomic mass is 35.5. The molecule has 7 heteroatoms. The minimum atomic E-state index is -3.43. The lowest BCUT2D eigenvalue weighted by molar-refractivity contribution is -0.141. The summed E-state index contributed by atoms with van der Waals surface area (Å²) in [4.78, 5) is 10.7. The monoisotopic (exact) mass is 229 g/mol. The van der Waals surface area contributed by atoms with E-state index in [1.54, 1.807) is 6.92 Å². The number of nitrogens with one attached hydrogen (secondary N) is 1. The number of carbonyl (C=O) groups excluding carboxylic acids is 1. The zero-order valence-electron chi connectivity index (χ0n) is 7.25. The summed E-state index contributed by atoms with van der Waals surface area (Å²) in [5.41, 5.74) is 0. The molecule has 0 fully saturated rings. The van der Waals surface area contributed by atoms with Crippen LogP contribution >= 0.6 is 11.6 Å². The SMILES string of the molecule is CCOC(=O)CNS(=O)(=O)CCCl. The number of esters is 1. The van der Waals surface area contributed by atoms with Crippen molar-refractivity contribution < 1.29 is 17.9 Å². The Hall–Kier alpha value is -0.330. The van der Waals surface area contributed by atoms with Crippen molar-refractivity contribution in [3.8, 4) is 0 Å². The molecular weight excluding hydrogens is 218 g/mol. The standard InChI is InChI=1S/C6H12ClNO4S/c1-2-12-6(9)5-8-13(10,11)4-3-7/h8H,2-5H2,1H3. The van der Waals surface area contributed by atoms with Crippen LogP contribution in [0.5, 0.6) is 0 Å². The summed E-state index contributed by atoms with van der Waals surface area (Å²) in [5.74, 6) is -0.799. The van der Waals surface area contributed by atoms with Crippen LogP contribution in [0.4, 0.5) is 0 Å². The Kier molecular flexibility index (Phi) is 6.02. The van der Waals surface area contributed by atoms with Crippen molar-refractivity contribution >= 4 is 27.6 Å². The largest absolute Gasteiger partial charge is 0.465 e. The topological polar surface area (TPSA) is 72.5 Å². The Bertz CT molecular complexity index is 251. The van der Waals surface area contributed by atoms with E-state index in [-0.39, 0.29) is 24.8 Å². The van der Waals surface area contributed by atoms with Gasteiger partial charge in [-0.05, 0) is 6.92 Å². The maximum absolute atomic E-state index is 10.9. The van der Waals surface area contributed by atoms with Crippen molar-refractivity contribution in [1.82, 2.24) is 4.72 Å². The van der Waals surface area contributed by atoms with Gasteiger partial charge < -0.3 is 4.74 Å². The molecule has 78 valence electrons. The maximum Gasteiger partial charge on any atom is 0.320 e. The van der Waals surface area contributed by atoms with Crippen LogP contribution in [-0.2, 0) is 19.6 Å². The van der Waals surface area contributed by atoms with E-state index >= 15 is 0 Å². The molecule has 0 aliphatic rings. The summed E-state index contributed by atoms with van der Waals surface area (Å²) in [6, 6.07) is 0. The van der Waals surface area contributed by atoms with E-state index in [9.17, 15) is 13.2 Å². The second-order valence-corrected chi connectivity index (χ2v) is 4.44. The molecule has 0 saturated carbocycles. The molecule has 0 aliphatic carbocycles. The first kappa shape index (κ1) is 12.7. The van der Waals surface area contributed by atoms with E-state index in [1.165, 1.54) is 0 Å². The predicted molar refractivity (Wildman–Crippen MR) is 49.1 cm³/mol. The van der Waals surface area contributed by atoms with E-state index in [0.29, 0.717) is 0 Å². The van der Waals surface area contributed by atoms with Crippen LogP contribution in [0, 0.1) is 0 Å². The van der Waals surface area contributed by atoms with Gasteiger partial charge in [-0.15, -0.1) is 11.6 Å². The van der Waals surface area contributed by atoms with Crippen LogP contribution in [0.1, 0.15) is 6.92 Å². The van der Waals surface area contributed by atoms with Gasteiger partial charge in [0.2, 0.25) is 10.0 Å². The lowest BCUT2D eigenvalue weighted by Gasteiger charge is -2.03. The van der Waals surface area contributed by atoms with E-state index in [2.05, 4.69) is 9.46 Å². The fourth-order valence-corrected chi connectivity index (χ4v) is 1.85. The molecule has 0 aromatic heterocycles. The van der Waals surface area contributed by atoms with Crippen molar-refractivity contribution in [2.24, 2.45) is 0 Å². The first-order chi connectivity index (χ1) is 6.02. The normalized spacial score (nSPS) is 11.2. The van der Waals surface area contributed by atoms with Gasteiger partial charge in [-0.25, -0.2) is 13.1 Å². The van der Waals surface area contributed by atoms with Gasteiger partial charge in [0.1, 0.15) is 6.54 Å². The van der Waals surface area contributed by atoms with Crippen LogP contribution < -0.4 is 4.72 Å². The highest BCUT2D eigenvalue weighted by molar-refractivity contribution is 7.89. The summed E-state index contributed by atoms with van der Waals surface area (Å²) >= 11 is 5.23. The van der Waals surface area contributed by atoms with E-state index in [0.717, 1.165) is 0 Å². The van der Waals surface area contributed by atoms with Crippen LogP contribution in [0.2, 0.25) is 0 Å². The van der Waals surface area contributed by atoms with Gasteiger partial charge in [-0.1, -0.05) is 0 Å². The lowest BCUT2D eigenvalue weighted by atomic mass is 10.7. The summed E-state index contributed by atoms with van der Waals surface area (Å²) in [7, 11) is -3.43. The number of sulfonamides is 1. The molecule has 0 spiro atoms. The Balaban J connectivity index is 3.81. The first-order valence-corrected chi connectivity index (χ1v) is 5.89. The quantitative estimate of drug-likeness (QED) is 0.502. The van der Waals surface area contributed by atoms with Crippen molar-refractivity contribution in [2.45, 2.75) is 6.92 Å². The summed E-state index contributed by atoms with van der Waals surface area (Å²) < 4.78 is 28.4. The van der Waals surface area contributed by atoms with Gasteiger partial charge in [-0.3, -0.25) is 4.79 Å². The molecule has 0 amide bonds. The number of carbonyl (C=O) groups is 1.